The van der Waals surface area contributed by atoms with Crippen LogP contribution in [-0.2, 0) is 13.6 Å². The third-order valence-corrected chi connectivity index (χ3v) is 4.41. The van der Waals surface area contributed by atoms with Crippen molar-refractivity contribution in [3.05, 3.63) is 12.2 Å². The fourth-order valence-electron chi connectivity index (χ4n) is 3.05. The Hall–Kier alpha value is -0.900. The minimum Gasteiger partial charge on any atom is -0.355 e. The van der Waals surface area contributed by atoms with Gasteiger partial charge in [0, 0.05) is 33.7 Å². The van der Waals surface area contributed by atoms with Gasteiger partial charge in [-0.25, -0.2) is 4.98 Å². The average Bonchev–Trinajstić information content (AvgIpc) is 2.93. The summed E-state index contributed by atoms with van der Waals surface area (Å²) in [6.07, 6.45) is 5.51. The minimum absolute atomic E-state index is 0. The molecule has 0 aliphatic carbocycles. The van der Waals surface area contributed by atoms with Crippen molar-refractivity contribution >= 4 is 29.9 Å². The van der Waals surface area contributed by atoms with Gasteiger partial charge in [0.25, 0.3) is 0 Å². The number of hydrogen-bond acceptors (Lipinski definition) is 4. The van der Waals surface area contributed by atoms with E-state index in [1.165, 1.54) is 25.8 Å². The Labute approximate surface area is 156 Å². The van der Waals surface area contributed by atoms with Crippen LogP contribution >= 0.6 is 24.0 Å². The van der Waals surface area contributed by atoms with E-state index in [4.69, 9.17) is 0 Å². The summed E-state index contributed by atoms with van der Waals surface area (Å²) in [7, 11) is 5.77. The van der Waals surface area contributed by atoms with Crippen molar-refractivity contribution in [2.45, 2.75) is 38.8 Å². The summed E-state index contributed by atoms with van der Waals surface area (Å²) in [4.78, 5) is 13.3. The SMILES string of the molecule is CCN1CCCCC1CNC(=NC)N(C)Cc1ncnn1C.I. The largest absolute Gasteiger partial charge is 0.355 e. The number of halogens is 1. The number of nitrogens with one attached hydrogen (secondary N) is 1. The maximum atomic E-state index is 4.39. The van der Waals surface area contributed by atoms with E-state index in [1.807, 2.05) is 21.1 Å². The van der Waals surface area contributed by atoms with Gasteiger partial charge in [-0.1, -0.05) is 13.3 Å². The summed E-state index contributed by atoms with van der Waals surface area (Å²) >= 11 is 0. The van der Waals surface area contributed by atoms with E-state index in [-0.39, 0.29) is 24.0 Å². The zero-order valence-electron chi connectivity index (χ0n) is 14.7. The topological polar surface area (TPSA) is 61.6 Å². The highest BCUT2D eigenvalue weighted by Gasteiger charge is 2.21. The first-order valence-corrected chi connectivity index (χ1v) is 8.14. The molecule has 7 nitrogen and oxygen atoms in total. The van der Waals surface area contributed by atoms with Gasteiger partial charge in [-0.15, -0.1) is 24.0 Å². The molecular weight excluding hydrogens is 405 g/mol. The molecule has 0 amide bonds. The molecular formula is C15H30IN7. The van der Waals surface area contributed by atoms with E-state index < -0.39 is 0 Å². The molecule has 132 valence electrons. The summed E-state index contributed by atoms with van der Waals surface area (Å²) in [6.45, 7) is 6.23. The first-order chi connectivity index (χ1) is 10.7. The van der Waals surface area contributed by atoms with Crippen molar-refractivity contribution in [2.24, 2.45) is 12.0 Å². The van der Waals surface area contributed by atoms with Crippen molar-refractivity contribution in [3.8, 4) is 0 Å². The molecule has 1 aliphatic heterocycles. The molecule has 1 atom stereocenters. The summed E-state index contributed by atoms with van der Waals surface area (Å²) < 4.78 is 1.80. The van der Waals surface area contributed by atoms with Gasteiger partial charge in [0.1, 0.15) is 12.2 Å². The summed E-state index contributed by atoms with van der Waals surface area (Å²) in [5.74, 6) is 1.84. The molecule has 1 unspecified atom stereocenters. The Morgan fingerprint density at radius 2 is 2.26 bits per heavy atom. The van der Waals surface area contributed by atoms with E-state index in [9.17, 15) is 0 Å². The maximum Gasteiger partial charge on any atom is 0.193 e. The van der Waals surface area contributed by atoms with Gasteiger partial charge in [0.15, 0.2) is 5.96 Å². The molecule has 1 aromatic rings. The van der Waals surface area contributed by atoms with Gasteiger partial charge in [-0.05, 0) is 25.9 Å². The fraction of sp³-hybridized carbons (Fsp3) is 0.800. The number of likely N-dealkylation sites (N-methyl/N-ethyl adjacent to an activating group) is 1. The van der Waals surface area contributed by atoms with Crippen LogP contribution in [0.1, 0.15) is 32.0 Å². The summed E-state index contributed by atoms with van der Waals surface area (Å²) in [5, 5.41) is 7.62. The standard InChI is InChI=1S/C15H29N7.HI/c1-5-22-9-7-6-8-13(22)10-17-15(16-2)20(3)11-14-18-12-19-21(14)4;/h12-13H,5-11H2,1-4H3,(H,16,17);1H. The smallest absolute Gasteiger partial charge is 0.193 e. The van der Waals surface area contributed by atoms with Crippen LogP contribution in [0.15, 0.2) is 11.3 Å². The quantitative estimate of drug-likeness (QED) is 0.430. The van der Waals surface area contributed by atoms with Crippen molar-refractivity contribution in [1.82, 2.24) is 29.9 Å². The van der Waals surface area contributed by atoms with Crippen LogP contribution in [0.25, 0.3) is 0 Å². The molecule has 1 saturated heterocycles. The Kier molecular flexibility index (Phi) is 8.82. The molecule has 0 saturated carbocycles. The zero-order valence-corrected chi connectivity index (χ0v) is 17.0. The predicted molar refractivity (Wildman–Crippen MR) is 104 cm³/mol. The van der Waals surface area contributed by atoms with Crippen molar-refractivity contribution < 1.29 is 0 Å². The lowest BCUT2D eigenvalue weighted by molar-refractivity contribution is 0.156. The van der Waals surface area contributed by atoms with Crippen LogP contribution in [0.2, 0.25) is 0 Å². The predicted octanol–water partition coefficient (Wildman–Crippen LogP) is 1.31. The molecule has 1 N–H and O–H groups in total. The van der Waals surface area contributed by atoms with Crippen molar-refractivity contribution in [3.63, 3.8) is 0 Å². The van der Waals surface area contributed by atoms with Crippen LogP contribution in [0.4, 0.5) is 0 Å². The highest BCUT2D eigenvalue weighted by atomic mass is 127. The molecule has 0 spiro atoms. The molecule has 1 aliphatic rings. The second-order valence-corrected chi connectivity index (χ2v) is 5.86. The summed E-state index contributed by atoms with van der Waals surface area (Å²) in [6, 6.07) is 0.610. The monoisotopic (exact) mass is 435 g/mol. The Balaban J connectivity index is 0.00000264. The van der Waals surface area contributed by atoms with Crippen LogP contribution in [0.3, 0.4) is 0 Å². The number of aryl methyl sites for hydroxylation is 1. The van der Waals surface area contributed by atoms with Gasteiger partial charge in [0.05, 0.1) is 6.54 Å². The van der Waals surface area contributed by atoms with Crippen LogP contribution in [0.5, 0.6) is 0 Å². The first kappa shape index (κ1) is 20.1. The number of aromatic nitrogens is 3. The van der Waals surface area contributed by atoms with Crippen molar-refractivity contribution in [1.29, 1.82) is 0 Å². The number of rotatable bonds is 5. The lowest BCUT2D eigenvalue weighted by Crippen LogP contribution is -2.49. The Bertz CT molecular complexity index is 488. The number of guanidine groups is 1. The zero-order chi connectivity index (χ0) is 15.9. The van der Waals surface area contributed by atoms with E-state index in [0.29, 0.717) is 12.6 Å². The third kappa shape index (κ3) is 5.59. The number of aliphatic imine (C=N–C) groups is 1. The second-order valence-electron chi connectivity index (χ2n) is 5.86. The lowest BCUT2D eigenvalue weighted by atomic mass is 10.0. The number of likely N-dealkylation sites (tertiary alicyclic amines) is 1. The van der Waals surface area contributed by atoms with Crippen molar-refractivity contribution in [2.75, 3.05) is 33.7 Å². The summed E-state index contributed by atoms with van der Waals surface area (Å²) in [5.41, 5.74) is 0. The third-order valence-electron chi connectivity index (χ3n) is 4.41. The maximum absolute atomic E-state index is 4.39. The fourth-order valence-corrected chi connectivity index (χ4v) is 3.05. The molecule has 0 radical (unpaired) electrons. The number of nitrogens with zero attached hydrogens (tertiary/aromatic N) is 6. The normalized spacial score (nSPS) is 19.3. The van der Waals surface area contributed by atoms with Gasteiger partial charge in [0.2, 0.25) is 0 Å². The van der Waals surface area contributed by atoms with Crippen LogP contribution in [-0.4, -0.2) is 70.3 Å². The first-order valence-electron chi connectivity index (χ1n) is 8.14. The average molecular weight is 435 g/mol. The van der Waals surface area contributed by atoms with Gasteiger partial charge in [-0.3, -0.25) is 14.6 Å². The van der Waals surface area contributed by atoms with Gasteiger partial charge < -0.3 is 10.2 Å². The Morgan fingerprint density at radius 3 is 2.87 bits per heavy atom. The molecule has 2 rings (SSSR count). The van der Waals surface area contributed by atoms with E-state index >= 15 is 0 Å². The van der Waals surface area contributed by atoms with E-state index in [2.05, 4.69) is 37.1 Å². The minimum atomic E-state index is 0. The Morgan fingerprint density at radius 1 is 1.48 bits per heavy atom. The second kappa shape index (κ2) is 10.1. The molecule has 1 fully saturated rings. The molecule has 2 heterocycles. The van der Waals surface area contributed by atoms with Gasteiger partial charge >= 0.3 is 0 Å². The van der Waals surface area contributed by atoms with E-state index in [1.54, 1.807) is 11.0 Å². The molecule has 0 bridgehead atoms. The molecule has 1 aromatic heterocycles. The molecule has 8 heteroatoms. The van der Waals surface area contributed by atoms with Crippen LogP contribution < -0.4 is 5.32 Å². The van der Waals surface area contributed by atoms with E-state index in [0.717, 1.165) is 24.9 Å². The lowest BCUT2D eigenvalue weighted by Gasteiger charge is -2.35. The number of piperidine rings is 1. The highest BCUT2D eigenvalue weighted by Crippen LogP contribution is 2.15. The number of hydrogen-bond donors (Lipinski definition) is 1. The van der Waals surface area contributed by atoms with Crippen LogP contribution in [0, 0.1) is 0 Å². The molecule has 0 aromatic carbocycles. The highest BCUT2D eigenvalue weighted by molar-refractivity contribution is 14.0. The molecule has 23 heavy (non-hydrogen) atoms. The van der Waals surface area contributed by atoms with Gasteiger partial charge in [-0.2, -0.15) is 5.10 Å².